The lowest BCUT2D eigenvalue weighted by molar-refractivity contribution is 0.103. The molecule has 0 saturated heterocycles. The molecule has 0 aliphatic rings. The molecule has 16 heavy (non-hydrogen) atoms. The van der Waals surface area contributed by atoms with E-state index in [1.165, 1.54) is 24.4 Å². The average molecular weight is 236 g/mol. The van der Waals surface area contributed by atoms with Crippen molar-refractivity contribution in [3.8, 4) is 0 Å². The summed E-state index contributed by atoms with van der Waals surface area (Å²) in [7, 11) is 0. The van der Waals surface area contributed by atoms with Gasteiger partial charge < -0.3 is 0 Å². The zero-order valence-electron chi connectivity index (χ0n) is 8.15. The van der Waals surface area contributed by atoms with Gasteiger partial charge in [-0.25, -0.2) is 4.39 Å². The maximum absolute atomic E-state index is 13.5. The highest BCUT2D eigenvalue weighted by Gasteiger charge is 2.17. The van der Waals surface area contributed by atoms with Gasteiger partial charge in [0.2, 0.25) is 0 Å². The highest BCUT2D eigenvalue weighted by molar-refractivity contribution is 6.35. The van der Waals surface area contributed by atoms with Gasteiger partial charge in [0.15, 0.2) is 5.78 Å². The van der Waals surface area contributed by atoms with Crippen LogP contribution in [0.3, 0.4) is 0 Å². The molecule has 0 radical (unpaired) electrons. The van der Waals surface area contributed by atoms with Crippen LogP contribution in [-0.2, 0) is 0 Å². The summed E-state index contributed by atoms with van der Waals surface area (Å²) in [6, 6.07) is 7.32. The van der Waals surface area contributed by atoms with E-state index in [-0.39, 0.29) is 10.6 Å². The summed E-state index contributed by atoms with van der Waals surface area (Å²) in [6.45, 7) is 0. The van der Waals surface area contributed by atoms with E-state index in [0.29, 0.717) is 5.56 Å². The smallest absolute Gasteiger partial charge is 0.199 e. The van der Waals surface area contributed by atoms with Crippen molar-refractivity contribution in [1.82, 2.24) is 4.98 Å². The van der Waals surface area contributed by atoms with Crippen molar-refractivity contribution in [1.29, 1.82) is 0 Å². The molecule has 0 atom stereocenters. The minimum Gasteiger partial charge on any atom is -0.288 e. The number of halogens is 2. The molecule has 2 nitrogen and oxygen atoms in total. The molecule has 0 saturated carbocycles. The molecule has 80 valence electrons. The number of aromatic nitrogens is 1. The van der Waals surface area contributed by atoms with Gasteiger partial charge in [-0.05, 0) is 24.3 Å². The Bertz CT molecular complexity index is 508. The molecule has 0 spiro atoms. The van der Waals surface area contributed by atoms with Crippen LogP contribution in [0.1, 0.15) is 15.9 Å². The molecule has 1 heterocycles. The zero-order valence-corrected chi connectivity index (χ0v) is 8.91. The predicted molar refractivity (Wildman–Crippen MR) is 59.1 cm³/mol. The molecule has 0 bridgehead atoms. The number of nitrogens with zero attached hydrogens (tertiary/aromatic N) is 1. The Morgan fingerprint density at radius 1 is 1.25 bits per heavy atom. The van der Waals surface area contributed by atoms with Crippen LogP contribution < -0.4 is 0 Å². The Morgan fingerprint density at radius 3 is 2.69 bits per heavy atom. The van der Waals surface area contributed by atoms with E-state index in [4.69, 9.17) is 11.6 Å². The Hall–Kier alpha value is -1.74. The van der Waals surface area contributed by atoms with Crippen LogP contribution in [0.5, 0.6) is 0 Å². The topological polar surface area (TPSA) is 30.0 Å². The van der Waals surface area contributed by atoms with Crippen LogP contribution in [0.4, 0.5) is 4.39 Å². The first-order valence-corrected chi connectivity index (χ1v) is 4.96. The van der Waals surface area contributed by atoms with Crippen LogP contribution in [0.25, 0.3) is 0 Å². The number of hydrogen-bond acceptors (Lipinski definition) is 2. The summed E-state index contributed by atoms with van der Waals surface area (Å²) >= 11 is 5.79. The number of pyridine rings is 1. The van der Waals surface area contributed by atoms with Gasteiger partial charge in [0.1, 0.15) is 5.82 Å². The standard InChI is InChI=1S/C12H7ClFNO/c13-9-4-1-5-10(14)11(9)12(16)8-3-2-6-15-7-8/h1-7H. The fourth-order valence-corrected chi connectivity index (χ4v) is 1.60. The van der Waals surface area contributed by atoms with Gasteiger partial charge in [-0.15, -0.1) is 0 Å². The van der Waals surface area contributed by atoms with E-state index in [2.05, 4.69) is 4.98 Å². The average Bonchev–Trinajstić information content (AvgIpc) is 2.30. The fraction of sp³-hybridized carbons (Fsp3) is 0. The lowest BCUT2D eigenvalue weighted by atomic mass is 10.0. The van der Waals surface area contributed by atoms with Crippen molar-refractivity contribution >= 4 is 17.4 Å². The zero-order chi connectivity index (χ0) is 11.5. The first kappa shape index (κ1) is 10.8. The van der Waals surface area contributed by atoms with Crippen LogP contribution in [-0.4, -0.2) is 10.8 Å². The van der Waals surface area contributed by atoms with Crippen molar-refractivity contribution in [2.45, 2.75) is 0 Å². The molecule has 0 unspecified atom stereocenters. The third-order valence-corrected chi connectivity index (χ3v) is 2.43. The van der Waals surface area contributed by atoms with Gasteiger partial charge in [-0.2, -0.15) is 0 Å². The lowest BCUT2D eigenvalue weighted by Crippen LogP contribution is -2.05. The fourth-order valence-electron chi connectivity index (χ4n) is 1.36. The van der Waals surface area contributed by atoms with Crippen molar-refractivity contribution in [2.24, 2.45) is 0 Å². The minimum atomic E-state index is -0.624. The Kier molecular flexibility index (Phi) is 2.97. The Morgan fingerprint density at radius 2 is 2.06 bits per heavy atom. The van der Waals surface area contributed by atoms with E-state index < -0.39 is 11.6 Å². The summed E-state index contributed by atoms with van der Waals surface area (Å²) in [4.78, 5) is 15.7. The molecule has 0 aliphatic carbocycles. The van der Waals surface area contributed by atoms with E-state index in [9.17, 15) is 9.18 Å². The largest absolute Gasteiger partial charge is 0.288 e. The number of carbonyl (C=O) groups excluding carboxylic acids is 1. The quantitative estimate of drug-likeness (QED) is 0.749. The maximum Gasteiger partial charge on any atom is 0.199 e. The highest BCUT2D eigenvalue weighted by Crippen LogP contribution is 2.21. The lowest BCUT2D eigenvalue weighted by Gasteiger charge is -2.04. The SMILES string of the molecule is O=C(c1cccnc1)c1c(F)cccc1Cl. The first-order chi connectivity index (χ1) is 7.70. The van der Waals surface area contributed by atoms with Gasteiger partial charge in [0.05, 0.1) is 10.6 Å². The summed E-state index contributed by atoms with van der Waals surface area (Å²) in [6.07, 6.45) is 2.92. The molecule has 2 aromatic rings. The minimum absolute atomic E-state index is 0.105. The van der Waals surface area contributed by atoms with Gasteiger partial charge in [0, 0.05) is 18.0 Å². The van der Waals surface area contributed by atoms with E-state index >= 15 is 0 Å². The Balaban J connectivity index is 2.50. The molecule has 0 aliphatic heterocycles. The number of benzene rings is 1. The molecular weight excluding hydrogens is 229 g/mol. The summed E-state index contributed by atoms with van der Waals surface area (Å²) < 4.78 is 13.5. The normalized spacial score (nSPS) is 10.1. The monoisotopic (exact) mass is 235 g/mol. The molecule has 1 aromatic heterocycles. The number of rotatable bonds is 2. The molecule has 1 aromatic carbocycles. The van der Waals surface area contributed by atoms with Crippen LogP contribution >= 0.6 is 11.6 Å². The van der Waals surface area contributed by atoms with Gasteiger partial charge >= 0.3 is 0 Å². The van der Waals surface area contributed by atoms with E-state index in [1.54, 1.807) is 18.3 Å². The third-order valence-electron chi connectivity index (χ3n) is 2.11. The van der Waals surface area contributed by atoms with Crippen molar-refractivity contribution < 1.29 is 9.18 Å². The van der Waals surface area contributed by atoms with Crippen LogP contribution in [0.2, 0.25) is 5.02 Å². The van der Waals surface area contributed by atoms with Crippen molar-refractivity contribution in [3.63, 3.8) is 0 Å². The van der Waals surface area contributed by atoms with Crippen molar-refractivity contribution in [2.75, 3.05) is 0 Å². The highest BCUT2D eigenvalue weighted by atomic mass is 35.5. The number of carbonyl (C=O) groups is 1. The molecule has 0 amide bonds. The second-order valence-corrected chi connectivity index (χ2v) is 3.57. The van der Waals surface area contributed by atoms with Crippen LogP contribution in [0, 0.1) is 5.82 Å². The second-order valence-electron chi connectivity index (χ2n) is 3.17. The molecule has 0 fully saturated rings. The molecule has 0 N–H and O–H groups in total. The van der Waals surface area contributed by atoms with Gasteiger partial charge in [-0.1, -0.05) is 17.7 Å². The molecular formula is C12H7ClFNO. The van der Waals surface area contributed by atoms with Crippen molar-refractivity contribution in [3.05, 3.63) is 64.7 Å². The van der Waals surface area contributed by atoms with E-state index in [0.717, 1.165) is 0 Å². The van der Waals surface area contributed by atoms with E-state index in [1.807, 2.05) is 0 Å². The second kappa shape index (κ2) is 4.41. The predicted octanol–water partition coefficient (Wildman–Crippen LogP) is 3.11. The summed E-state index contributed by atoms with van der Waals surface area (Å²) in [5, 5.41) is 0.105. The number of hydrogen-bond donors (Lipinski definition) is 0. The van der Waals surface area contributed by atoms with Gasteiger partial charge in [0.25, 0.3) is 0 Å². The van der Waals surface area contributed by atoms with Gasteiger partial charge in [-0.3, -0.25) is 9.78 Å². The number of ketones is 1. The maximum atomic E-state index is 13.5. The third kappa shape index (κ3) is 1.95. The Labute approximate surface area is 96.7 Å². The summed E-state index contributed by atoms with van der Waals surface area (Å²) in [5.74, 6) is -1.09. The summed E-state index contributed by atoms with van der Waals surface area (Å²) in [5.41, 5.74) is 0.201. The first-order valence-electron chi connectivity index (χ1n) is 4.59. The van der Waals surface area contributed by atoms with Crippen LogP contribution in [0.15, 0.2) is 42.7 Å². The molecule has 4 heteroatoms. The molecule has 2 rings (SSSR count).